The Morgan fingerprint density at radius 2 is 2.57 bits per heavy atom. The van der Waals surface area contributed by atoms with Gasteiger partial charge in [0.1, 0.15) is 17.9 Å². The summed E-state index contributed by atoms with van der Waals surface area (Å²) in [7, 11) is 0. The molecule has 0 aliphatic carbocycles. The van der Waals surface area contributed by atoms with Crippen LogP contribution in [0.25, 0.3) is 0 Å². The Balaban J connectivity index is 2.83. The van der Waals surface area contributed by atoms with Crippen LogP contribution in [-0.4, -0.2) is 12.4 Å². The van der Waals surface area contributed by atoms with Gasteiger partial charge in [-0.25, -0.2) is 0 Å². The Morgan fingerprint density at radius 3 is 3.07 bits per heavy atom. The maximum absolute atomic E-state index is 11.5. The van der Waals surface area contributed by atoms with Crippen LogP contribution >= 0.6 is 0 Å². The number of hydrogen-bond acceptors (Lipinski definition) is 4. The van der Waals surface area contributed by atoms with Crippen LogP contribution in [0.3, 0.4) is 0 Å². The molecule has 0 spiro atoms. The van der Waals surface area contributed by atoms with Crippen molar-refractivity contribution in [2.24, 2.45) is 0 Å². The molecule has 0 bridgehead atoms. The Morgan fingerprint density at radius 1 is 1.79 bits per heavy atom. The Hall–Kier alpha value is -2.02. The van der Waals surface area contributed by atoms with Crippen LogP contribution in [0.5, 0.6) is 0 Å². The predicted octanol–water partition coefficient (Wildman–Crippen LogP) is 1.91. The zero-order valence-electron chi connectivity index (χ0n) is 7.69. The number of carbonyl (C=O) groups is 1. The lowest BCUT2D eigenvalue weighted by molar-refractivity contribution is 0.100. The molecule has 1 aromatic heterocycles. The topological polar surface area (TPSA) is 63.2 Å². The molecule has 0 unspecified atom stereocenters. The van der Waals surface area contributed by atoms with Crippen molar-refractivity contribution in [2.45, 2.75) is 6.92 Å². The van der Waals surface area contributed by atoms with Crippen molar-refractivity contribution in [1.29, 1.82) is 5.26 Å². The zero-order valence-corrected chi connectivity index (χ0v) is 7.69. The second-order valence-corrected chi connectivity index (χ2v) is 2.41. The number of ether oxygens (including phenoxy) is 1. The van der Waals surface area contributed by atoms with Gasteiger partial charge in [0.25, 0.3) is 0 Å². The maximum Gasteiger partial charge on any atom is 0.241 e. The number of nitriles is 1. The van der Waals surface area contributed by atoms with Crippen molar-refractivity contribution in [3.8, 4) is 6.07 Å². The van der Waals surface area contributed by atoms with Crippen molar-refractivity contribution in [1.82, 2.24) is 0 Å². The van der Waals surface area contributed by atoms with E-state index < -0.39 is 5.78 Å². The van der Waals surface area contributed by atoms with Crippen LogP contribution in [0, 0.1) is 11.3 Å². The third-order valence-electron chi connectivity index (χ3n) is 1.48. The lowest BCUT2D eigenvalue weighted by Crippen LogP contribution is -2.01. The third kappa shape index (κ3) is 2.23. The van der Waals surface area contributed by atoms with Crippen molar-refractivity contribution in [2.75, 3.05) is 6.61 Å². The fraction of sp³-hybridized carbons (Fsp3) is 0.200. The smallest absolute Gasteiger partial charge is 0.241 e. The van der Waals surface area contributed by atoms with Crippen molar-refractivity contribution < 1.29 is 13.9 Å². The minimum atomic E-state index is -0.467. The fourth-order valence-corrected chi connectivity index (χ4v) is 0.838. The van der Waals surface area contributed by atoms with Gasteiger partial charge < -0.3 is 9.15 Å². The first kappa shape index (κ1) is 10.1. The first-order valence-corrected chi connectivity index (χ1v) is 4.09. The summed E-state index contributed by atoms with van der Waals surface area (Å²) < 4.78 is 9.72. The molecule has 4 nitrogen and oxygen atoms in total. The first-order valence-electron chi connectivity index (χ1n) is 4.09. The Labute approximate surface area is 81.4 Å². The highest BCUT2D eigenvalue weighted by molar-refractivity contribution is 6.09. The highest BCUT2D eigenvalue weighted by Gasteiger charge is 2.14. The monoisotopic (exact) mass is 191 g/mol. The van der Waals surface area contributed by atoms with E-state index in [1.165, 1.54) is 12.3 Å². The number of hydrogen-bond donors (Lipinski definition) is 0. The summed E-state index contributed by atoms with van der Waals surface area (Å²) in [4.78, 5) is 11.5. The average molecular weight is 191 g/mol. The number of allylic oxidation sites excluding steroid dienone is 1. The molecule has 72 valence electrons. The quantitative estimate of drug-likeness (QED) is 0.315. The number of rotatable bonds is 4. The van der Waals surface area contributed by atoms with E-state index in [9.17, 15) is 4.79 Å². The fourth-order valence-electron chi connectivity index (χ4n) is 0.838. The summed E-state index contributed by atoms with van der Waals surface area (Å²) in [5, 5.41) is 8.66. The van der Waals surface area contributed by atoms with Gasteiger partial charge in [-0.05, 0) is 19.1 Å². The van der Waals surface area contributed by atoms with Gasteiger partial charge in [0.15, 0.2) is 5.76 Å². The van der Waals surface area contributed by atoms with E-state index in [4.69, 9.17) is 14.4 Å². The van der Waals surface area contributed by atoms with E-state index in [0.717, 1.165) is 6.26 Å². The van der Waals surface area contributed by atoms with E-state index in [-0.39, 0.29) is 11.3 Å². The van der Waals surface area contributed by atoms with Crippen LogP contribution in [0.1, 0.15) is 17.5 Å². The molecule has 0 atom stereocenters. The molecule has 0 aromatic carbocycles. The van der Waals surface area contributed by atoms with Gasteiger partial charge in [-0.1, -0.05) is 0 Å². The number of ketones is 1. The molecule has 1 heterocycles. The molecule has 0 saturated heterocycles. The highest BCUT2D eigenvalue weighted by atomic mass is 16.5. The summed E-state index contributed by atoms with van der Waals surface area (Å²) in [6, 6.07) is 4.84. The second kappa shape index (κ2) is 4.87. The SMILES string of the molecule is CCO/C=C(\C#N)C(=O)c1ccco1. The van der Waals surface area contributed by atoms with Crippen molar-refractivity contribution >= 4 is 5.78 Å². The van der Waals surface area contributed by atoms with E-state index >= 15 is 0 Å². The maximum atomic E-state index is 11.5. The molecule has 0 radical (unpaired) electrons. The minimum Gasteiger partial charge on any atom is -0.500 e. The van der Waals surface area contributed by atoms with Gasteiger partial charge in [0.2, 0.25) is 5.78 Å². The molecule has 1 aromatic rings. The molecule has 0 fully saturated rings. The van der Waals surface area contributed by atoms with Gasteiger partial charge in [0.05, 0.1) is 12.9 Å². The van der Waals surface area contributed by atoms with E-state index in [0.29, 0.717) is 6.61 Å². The molecular weight excluding hydrogens is 182 g/mol. The van der Waals surface area contributed by atoms with Crippen LogP contribution in [0.4, 0.5) is 0 Å². The molecule has 0 aliphatic heterocycles. The van der Waals surface area contributed by atoms with Gasteiger partial charge in [-0.2, -0.15) is 5.26 Å². The minimum absolute atomic E-state index is 0.0678. The van der Waals surface area contributed by atoms with Crippen LogP contribution < -0.4 is 0 Å². The van der Waals surface area contributed by atoms with Crippen molar-refractivity contribution in [3.05, 3.63) is 36.0 Å². The number of carbonyl (C=O) groups excluding carboxylic acids is 1. The average Bonchev–Trinajstić information content (AvgIpc) is 2.71. The zero-order chi connectivity index (χ0) is 10.4. The van der Waals surface area contributed by atoms with Crippen LogP contribution in [-0.2, 0) is 4.74 Å². The first-order chi connectivity index (χ1) is 6.79. The summed E-state index contributed by atoms with van der Waals surface area (Å²) in [5.74, 6) is -0.330. The van der Waals surface area contributed by atoms with Crippen LogP contribution in [0.15, 0.2) is 34.6 Å². The number of nitrogens with zero attached hydrogens (tertiary/aromatic N) is 1. The molecule has 14 heavy (non-hydrogen) atoms. The summed E-state index contributed by atoms with van der Waals surface area (Å²) >= 11 is 0. The Bertz CT molecular complexity index is 371. The second-order valence-electron chi connectivity index (χ2n) is 2.41. The molecule has 0 N–H and O–H groups in total. The molecule has 0 aliphatic rings. The summed E-state index contributed by atoms with van der Waals surface area (Å²) in [6.07, 6.45) is 2.52. The standard InChI is InChI=1S/C10H9NO3/c1-2-13-7-8(6-11)10(12)9-4-3-5-14-9/h3-5,7H,2H2,1H3/b8-7+. The molecule has 0 saturated carbocycles. The number of furan rings is 1. The lowest BCUT2D eigenvalue weighted by atomic mass is 10.2. The van der Waals surface area contributed by atoms with Gasteiger partial charge in [-0.3, -0.25) is 4.79 Å². The summed E-state index contributed by atoms with van der Waals surface area (Å²) in [5.41, 5.74) is -0.0678. The Kier molecular flexibility index (Phi) is 3.50. The van der Waals surface area contributed by atoms with Gasteiger partial charge in [-0.15, -0.1) is 0 Å². The third-order valence-corrected chi connectivity index (χ3v) is 1.48. The molecule has 0 amide bonds. The van der Waals surface area contributed by atoms with E-state index in [1.807, 2.05) is 0 Å². The number of Topliss-reactive ketones (excluding diaryl/α,β-unsaturated/α-hetero) is 1. The normalized spacial score (nSPS) is 10.7. The van der Waals surface area contributed by atoms with Crippen LogP contribution in [0.2, 0.25) is 0 Å². The highest BCUT2D eigenvalue weighted by Crippen LogP contribution is 2.08. The van der Waals surface area contributed by atoms with Gasteiger partial charge in [0, 0.05) is 0 Å². The largest absolute Gasteiger partial charge is 0.500 e. The lowest BCUT2D eigenvalue weighted by Gasteiger charge is -1.95. The predicted molar refractivity (Wildman–Crippen MR) is 48.4 cm³/mol. The van der Waals surface area contributed by atoms with Crippen molar-refractivity contribution in [3.63, 3.8) is 0 Å². The van der Waals surface area contributed by atoms with E-state index in [2.05, 4.69) is 0 Å². The summed E-state index contributed by atoms with van der Waals surface area (Å²) in [6.45, 7) is 2.18. The molecular formula is C10H9NO3. The van der Waals surface area contributed by atoms with Gasteiger partial charge >= 0.3 is 0 Å². The molecule has 1 rings (SSSR count). The molecule has 4 heteroatoms. The van der Waals surface area contributed by atoms with E-state index in [1.54, 1.807) is 19.1 Å².